The summed E-state index contributed by atoms with van der Waals surface area (Å²) in [5.74, 6) is 1.48. The summed E-state index contributed by atoms with van der Waals surface area (Å²) in [5, 5.41) is 1.02. The van der Waals surface area contributed by atoms with E-state index >= 15 is 0 Å². The van der Waals surface area contributed by atoms with Crippen molar-refractivity contribution in [1.82, 2.24) is 9.97 Å². The maximum atomic E-state index is 5.97. The maximum Gasteiger partial charge on any atom is 0.231 e. The lowest BCUT2D eigenvalue weighted by Gasteiger charge is -2.08. The highest BCUT2D eigenvalue weighted by Gasteiger charge is 2.14. The van der Waals surface area contributed by atoms with Gasteiger partial charge in [0.05, 0.1) is 5.39 Å². The highest BCUT2D eigenvalue weighted by atomic mass is 32.1. The summed E-state index contributed by atoms with van der Waals surface area (Å²) in [6.07, 6.45) is 1.56. The number of aromatic nitrogens is 2. The Kier molecular flexibility index (Phi) is 2.95. The van der Waals surface area contributed by atoms with Crippen LogP contribution in [0.2, 0.25) is 0 Å². The van der Waals surface area contributed by atoms with Crippen LogP contribution in [0, 0.1) is 20.8 Å². The molecule has 3 rings (SSSR count). The van der Waals surface area contributed by atoms with Crippen molar-refractivity contribution in [3.05, 3.63) is 46.6 Å². The van der Waals surface area contributed by atoms with Gasteiger partial charge in [-0.15, -0.1) is 11.3 Å². The summed E-state index contributed by atoms with van der Waals surface area (Å²) in [4.78, 5) is 10.8. The van der Waals surface area contributed by atoms with Gasteiger partial charge in [-0.3, -0.25) is 0 Å². The van der Waals surface area contributed by atoms with Gasteiger partial charge in [-0.2, -0.15) is 0 Å². The van der Waals surface area contributed by atoms with E-state index in [0.29, 0.717) is 5.88 Å². The van der Waals surface area contributed by atoms with Crippen molar-refractivity contribution in [2.45, 2.75) is 20.8 Å². The molecule has 0 N–H and O–H groups in total. The highest BCUT2D eigenvalue weighted by Crippen LogP contribution is 2.36. The monoisotopic (exact) mass is 270 g/mol. The summed E-state index contributed by atoms with van der Waals surface area (Å²) >= 11 is 1.68. The molecular formula is C15H14N2OS. The zero-order valence-electron chi connectivity index (χ0n) is 11.1. The predicted octanol–water partition coefficient (Wildman–Crippen LogP) is 4.41. The second-order valence-corrected chi connectivity index (χ2v) is 5.71. The lowest BCUT2D eigenvalue weighted by Crippen LogP contribution is -1.92. The van der Waals surface area contributed by atoms with Crippen LogP contribution in [0.3, 0.4) is 0 Å². The molecule has 0 spiro atoms. The number of benzene rings is 1. The van der Waals surface area contributed by atoms with E-state index in [0.717, 1.165) is 21.5 Å². The van der Waals surface area contributed by atoms with Crippen molar-refractivity contribution in [3.8, 4) is 11.6 Å². The largest absolute Gasteiger partial charge is 0.438 e. The van der Waals surface area contributed by atoms with E-state index in [-0.39, 0.29) is 0 Å². The van der Waals surface area contributed by atoms with E-state index < -0.39 is 0 Å². The van der Waals surface area contributed by atoms with Gasteiger partial charge < -0.3 is 4.74 Å². The van der Waals surface area contributed by atoms with Gasteiger partial charge >= 0.3 is 0 Å². The summed E-state index contributed by atoms with van der Waals surface area (Å²) in [6.45, 7) is 6.21. The van der Waals surface area contributed by atoms with E-state index in [9.17, 15) is 0 Å². The third-order valence-electron chi connectivity index (χ3n) is 3.23. The minimum Gasteiger partial charge on any atom is -0.438 e. The van der Waals surface area contributed by atoms with Crippen molar-refractivity contribution in [2.75, 3.05) is 0 Å². The molecule has 0 atom stereocenters. The summed E-state index contributed by atoms with van der Waals surface area (Å²) in [5.41, 5.74) is 2.29. The van der Waals surface area contributed by atoms with Gasteiger partial charge in [-0.1, -0.05) is 18.2 Å². The van der Waals surface area contributed by atoms with E-state index in [4.69, 9.17) is 4.74 Å². The first-order chi connectivity index (χ1) is 9.16. The Morgan fingerprint density at radius 2 is 1.84 bits per heavy atom. The normalized spacial score (nSPS) is 10.9. The van der Waals surface area contributed by atoms with E-state index in [1.807, 2.05) is 31.2 Å². The van der Waals surface area contributed by atoms with Crippen LogP contribution in [0.1, 0.15) is 16.0 Å². The molecule has 0 bridgehead atoms. The first-order valence-electron chi connectivity index (χ1n) is 6.11. The fourth-order valence-electron chi connectivity index (χ4n) is 2.00. The van der Waals surface area contributed by atoms with Crippen molar-refractivity contribution >= 4 is 21.6 Å². The van der Waals surface area contributed by atoms with Crippen LogP contribution in [0.5, 0.6) is 11.6 Å². The standard InChI is InChI=1S/C15H14N2OS/c1-9-6-4-5-7-12(9)18-14-13-10(2)11(3)19-15(13)17-8-16-14/h4-8H,1-3H3. The number of aryl methyl sites for hydroxylation is 3. The first kappa shape index (κ1) is 12.1. The zero-order valence-corrected chi connectivity index (χ0v) is 11.9. The fourth-order valence-corrected chi connectivity index (χ4v) is 2.99. The molecule has 0 unspecified atom stereocenters. The van der Waals surface area contributed by atoms with Gasteiger partial charge in [-0.05, 0) is 38.0 Å². The number of fused-ring (bicyclic) bond motifs is 1. The van der Waals surface area contributed by atoms with Crippen molar-refractivity contribution in [1.29, 1.82) is 0 Å². The third kappa shape index (κ3) is 2.08. The molecule has 2 heterocycles. The molecule has 19 heavy (non-hydrogen) atoms. The molecule has 1 aromatic carbocycles. The molecule has 4 heteroatoms. The molecule has 0 saturated carbocycles. The number of thiophene rings is 1. The molecular weight excluding hydrogens is 256 g/mol. The Bertz CT molecular complexity index is 749. The summed E-state index contributed by atoms with van der Waals surface area (Å²) in [6, 6.07) is 7.95. The van der Waals surface area contributed by atoms with Crippen LogP contribution in [0.15, 0.2) is 30.6 Å². The van der Waals surface area contributed by atoms with Crippen molar-refractivity contribution in [3.63, 3.8) is 0 Å². The van der Waals surface area contributed by atoms with Crippen LogP contribution >= 0.6 is 11.3 Å². The van der Waals surface area contributed by atoms with Gasteiger partial charge in [-0.25, -0.2) is 9.97 Å². The fraction of sp³-hybridized carbons (Fsp3) is 0.200. The summed E-state index contributed by atoms with van der Waals surface area (Å²) < 4.78 is 5.97. The highest BCUT2D eigenvalue weighted by molar-refractivity contribution is 7.18. The van der Waals surface area contributed by atoms with Gasteiger partial charge in [0.25, 0.3) is 0 Å². The lowest BCUT2D eigenvalue weighted by molar-refractivity contribution is 0.464. The van der Waals surface area contributed by atoms with Crippen LogP contribution in [0.25, 0.3) is 10.2 Å². The Balaban J connectivity index is 2.13. The van der Waals surface area contributed by atoms with Gasteiger partial charge in [0.1, 0.15) is 16.9 Å². The van der Waals surface area contributed by atoms with Crippen molar-refractivity contribution in [2.24, 2.45) is 0 Å². The Labute approximate surface area is 115 Å². The number of hydrogen-bond acceptors (Lipinski definition) is 4. The lowest BCUT2D eigenvalue weighted by atomic mass is 10.2. The van der Waals surface area contributed by atoms with E-state index in [2.05, 4.69) is 23.8 Å². The van der Waals surface area contributed by atoms with Crippen LogP contribution < -0.4 is 4.74 Å². The molecule has 0 amide bonds. The molecule has 0 aliphatic carbocycles. The Morgan fingerprint density at radius 3 is 2.63 bits per heavy atom. The number of nitrogens with zero attached hydrogens (tertiary/aromatic N) is 2. The molecule has 0 saturated heterocycles. The number of rotatable bonds is 2. The SMILES string of the molecule is Cc1ccccc1Oc1ncnc2sc(C)c(C)c12. The zero-order chi connectivity index (χ0) is 13.4. The number of ether oxygens (including phenoxy) is 1. The van der Waals surface area contributed by atoms with Gasteiger partial charge in [0.15, 0.2) is 0 Å². The average Bonchev–Trinajstić information content (AvgIpc) is 2.69. The first-order valence-corrected chi connectivity index (χ1v) is 6.92. The molecule has 0 aliphatic rings. The number of para-hydroxylation sites is 1. The second-order valence-electron chi connectivity index (χ2n) is 4.51. The Hall–Kier alpha value is -1.94. The van der Waals surface area contributed by atoms with E-state index in [1.54, 1.807) is 17.7 Å². The smallest absolute Gasteiger partial charge is 0.231 e. The van der Waals surface area contributed by atoms with Crippen LogP contribution in [0.4, 0.5) is 0 Å². The molecule has 3 nitrogen and oxygen atoms in total. The van der Waals surface area contributed by atoms with Gasteiger partial charge in [0.2, 0.25) is 5.88 Å². The molecule has 3 aromatic rings. The second kappa shape index (κ2) is 4.63. The summed E-state index contributed by atoms with van der Waals surface area (Å²) in [7, 11) is 0. The average molecular weight is 270 g/mol. The van der Waals surface area contributed by atoms with Gasteiger partial charge in [0, 0.05) is 4.88 Å². The third-order valence-corrected chi connectivity index (χ3v) is 4.35. The maximum absolute atomic E-state index is 5.97. The van der Waals surface area contributed by atoms with E-state index in [1.165, 1.54) is 10.4 Å². The Morgan fingerprint density at radius 1 is 1.05 bits per heavy atom. The molecule has 96 valence electrons. The minimum atomic E-state index is 0.640. The molecule has 0 aliphatic heterocycles. The minimum absolute atomic E-state index is 0.640. The molecule has 2 aromatic heterocycles. The van der Waals surface area contributed by atoms with Crippen LogP contribution in [-0.4, -0.2) is 9.97 Å². The number of hydrogen-bond donors (Lipinski definition) is 0. The topological polar surface area (TPSA) is 35.0 Å². The molecule has 0 fully saturated rings. The quantitative estimate of drug-likeness (QED) is 0.692. The van der Waals surface area contributed by atoms with Crippen LogP contribution in [-0.2, 0) is 0 Å². The van der Waals surface area contributed by atoms with Crippen molar-refractivity contribution < 1.29 is 4.74 Å². The predicted molar refractivity (Wildman–Crippen MR) is 78.1 cm³/mol. The molecule has 0 radical (unpaired) electrons.